The van der Waals surface area contributed by atoms with Crippen LogP contribution in [0.2, 0.25) is 0 Å². The molecule has 0 aliphatic carbocycles. The number of rotatable bonds is 5. The van der Waals surface area contributed by atoms with Gasteiger partial charge in [-0.05, 0) is 24.8 Å². The zero-order chi connectivity index (χ0) is 14.5. The van der Waals surface area contributed by atoms with Crippen LogP contribution >= 0.6 is 0 Å². The average molecular weight is 359 g/mol. The molecule has 1 aromatic rings. The molecule has 1 aromatic carbocycles. The summed E-state index contributed by atoms with van der Waals surface area (Å²) >= 11 is 0. The van der Waals surface area contributed by atoms with Gasteiger partial charge in [-0.2, -0.15) is 12.2 Å². The zero-order valence-corrected chi connectivity index (χ0v) is 15.7. The number of benzene rings is 1. The second kappa shape index (κ2) is 8.52. The van der Waals surface area contributed by atoms with Gasteiger partial charge < -0.3 is 14.4 Å². The van der Waals surface area contributed by atoms with E-state index in [9.17, 15) is 0 Å². The molecular weight excluding hydrogens is 339 g/mol. The van der Waals surface area contributed by atoms with Crippen molar-refractivity contribution in [3.8, 4) is 5.75 Å². The van der Waals surface area contributed by atoms with Crippen LogP contribution < -0.4 is 4.74 Å². The third-order valence-electron chi connectivity index (χ3n) is 3.26. The third-order valence-corrected chi connectivity index (χ3v) is 3.26. The van der Waals surface area contributed by atoms with Crippen LogP contribution in [0.1, 0.15) is 19.4 Å². The minimum Gasteiger partial charge on any atom is -0.468 e. The van der Waals surface area contributed by atoms with Gasteiger partial charge in [-0.25, -0.2) is 0 Å². The summed E-state index contributed by atoms with van der Waals surface area (Å²) < 4.78 is 10.3. The first-order valence-electron chi connectivity index (χ1n) is 6.66. The number of hydrogen-bond acceptors (Lipinski definition) is 3. The van der Waals surface area contributed by atoms with Gasteiger partial charge in [0.15, 0.2) is 6.79 Å². The van der Waals surface area contributed by atoms with Crippen molar-refractivity contribution in [2.24, 2.45) is 0 Å². The van der Waals surface area contributed by atoms with Crippen molar-refractivity contribution in [1.29, 1.82) is 0 Å². The van der Waals surface area contributed by atoms with E-state index in [1.165, 1.54) is 0 Å². The molecule has 2 rings (SSSR count). The molecule has 0 N–H and O–H groups in total. The van der Waals surface area contributed by atoms with Crippen LogP contribution in [0.4, 0.5) is 0 Å². The Kier molecular flexibility index (Phi) is 7.37. The van der Waals surface area contributed by atoms with Gasteiger partial charge in [0.05, 0.1) is 0 Å². The first-order chi connectivity index (χ1) is 9.67. The van der Waals surface area contributed by atoms with Crippen LogP contribution in [0.3, 0.4) is 0 Å². The molecule has 0 amide bonds. The van der Waals surface area contributed by atoms with Crippen molar-refractivity contribution in [2.75, 3.05) is 20.4 Å². The molecule has 0 aromatic heterocycles. The van der Waals surface area contributed by atoms with E-state index in [0.29, 0.717) is 0 Å². The van der Waals surface area contributed by atoms with Crippen LogP contribution in [-0.4, -0.2) is 25.3 Å². The zero-order valence-electron chi connectivity index (χ0n) is 12.8. The quantitative estimate of drug-likeness (QED) is 0.592. The minimum absolute atomic E-state index is 0. The van der Waals surface area contributed by atoms with Crippen LogP contribution in [0.5, 0.6) is 5.75 Å². The van der Waals surface area contributed by atoms with Crippen molar-refractivity contribution in [1.82, 2.24) is 4.90 Å². The van der Waals surface area contributed by atoms with E-state index in [1.54, 1.807) is 7.11 Å². The van der Waals surface area contributed by atoms with Gasteiger partial charge in [-0.3, -0.25) is 0 Å². The molecule has 4 heteroatoms. The number of hydrogen-bond donors (Lipinski definition) is 0. The maximum Gasteiger partial charge on any atom is 0.188 e. The number of methoxy groups -OCH3 is 1. The molecule has 0 atom stereocenters. The van der Waals surface area contributed by atoms with Crippen LogP contribution in [0.15, 0.2) is 48.2 Å². The summed E-state index contributed by atoms with van der Waals surface area (Å²) in [6.07, 6.45) is 5.32. The first-order valence-corrected chi connectivity index (χ1v) is 6.66. The van der Waals surface area contributed by atoms with E-state index >= 15 is 0 Å². The molecule has 0 saturated carbocycles. The van der Waals surface area contributed by atoms with E-state index in [2.05, 4.69) is 31.4 Å². The number of nitrogens with zero attached hydrogens (tertiary/aromatic N) is 1. The monoisotopic (exact) mass is 359 g/mol. The fourth-order valence-corrected chi connectivity index (χ4v) is 2.11. The molecule has 0 fully saturated rings. The Labute approximate surface area is 152 Å². The summed E-state index contributed by atoms with van der Waals surface area (Å²) in [5.74, 6) is 0.792. The van der Waals surface area contributed by atoms with Crippen molar-refractivity contribution < 1.29 is 42.2 Å². The molecule has 1 aliphatic heterocycles. The van der Waals surface area contributed by atoms with Gasteiger partial charge in [0, 0.05) is 46.4 Å². The predicted octanol–water partition coefficient (Wildman–Crippen LogP) is 3.61. The number of allylic oxidation sites excluding steroid dienone is 3. The van der Waals surface area contributed by atoms with E-state index in [-0.39, 0.29) is 39.5 Å². The van der Waals surface area contributed by atoms with Crippen molar-refractivity contribution in [2.45, 2.75) is 13.8 Å². The first kappa shape index (κ1) is 18.2. The number of ether oxygens (including phenoxy) is 2. The molecule has 0 bridgehead atoms. The summed E-state index contributed by atoms with van der Waals surface area (Å²) in [6, 6.07) is 7.92. The molecule has 21 heavy (non-hydrogen) atoms. The molecular formula is C17H20NO2Y-. The Morgan fingerprint density at radius 2 is 1.90 bits per heavy atom. The molecule has 0 spiro atoms. The number of likely N-dealkylation sites (N-methyl/N-ethyl adjacent to an activating group) is 1. The summed E-state index contributed by atoms with van der Waals surface area (Å²) in [6.45, 7) is 9.43. The van der Waals surface area contributed by atoms with Crippen molar-refractivity contribution in [3.63, 3.8) is 0 Å². The van der Waals surface area contributed by atoms with Gasteiger partial charge in [0.25, 0.3) is 0 Å². The smallest absolute Gasteiger partial charge is 0.188 e. The van der Waals surface area contributed by atoms with Gasteiger partial charge in [-0.15, -0.1) is 17.7 Å². The second-order valence-corrected chi connectivity index (χ2v) is 4.59. The summed E-state index contributed by atoms with van der Waals surface area (Å²) in [7, 11) is 1.61. The fourth-order valence-electron chi connectivity index (χ4n) is 2.11. The SMILES string of the molecule is C=C1C(C)=C[C-]=C(c2ccc(OCOC)cc2)N1CC.[Y]. The van der Waals surface area contributed by atoms with E-state index in [1.807, 2.05) is 30.3 Å². The van der Waals surface area contributed by atoms with E-state index in [0.717, 1.165) is 34.8 Å². The largest absolute Gasteiger partial charge is 0.468 e. The van der Waals surface area contributed by atoms with Gasteiger partial charge in [0.1, 0.15) is 5.75 Å². The van der Waals surface area contributed by atoms with Crippen LogP contribution in [-0.2, 0) is 37.4 Å². The van der Waals surface area contributed by atoms with Crippen molar-refractivity contribution in [3.05, 3.63) is 59.8 Å². The maximum atomic E-state index is 5.39. The second-order valence-electron chi connectivity index (χ2n) is 4.59. The Morgan fingerprint density at radius 3 is 2.48 bits per heavy atom. The normalized spacial score (nSPS) is 14.2. The van der Waals surface area contributed by atoms with Gasteiger partial charge in [-0.1, -0.05) is 24.8 Å². The van der Waals surface area contributed by atoms with Crippen molar-refractivity contribution >= 4 is 5.70 Å². The molecule has 1 aliphatic rings. The van der Waals surface area contributed by atoms with Gasteiger partial charge >= 0.3 is 0 Å². The Morgan fingerprint density at radius 1 is 1.24 bits per heavy atom. The van der Waals surface area contributed by atoms with E-state index < -0.39 is 0 Å². The third kappa shape index (κ3) is 4.29. The Hall–Kier alpha value is -0.896. The van der Waals surface area contributed by atoms with Gasteiger partial charge in [0.2, 0.25) is 0 Å². The molecule has 0 unspecified atom stereocenters. The van der Waals surface area contributed by atoms with Crippen LogP contribution in [0.25, 0.3) is 5.70 Å². The Balaban J connectivity index is 0.00000220. The molecule has 109 valence electrons. The van der Waals surface area contributed by atoms with Crippen LogP contribution in [0, 0.1) is 6.08 Å². The standard InChI is InChI=1S/C17H20NO2.Y/c1-5-18-14(3)13(2)6-11-17(18)15-7-9-16(10-8-15)20-12-19-4;/h6-10H,3,5,12H2,1-2,4H3;/q-1;. The minimum atomic E-state index is 0. The molecule has 1 heterocycles. The summed E-state index contributed by atoms with van der Waals surface area (Å²) in [5, 5.41) is 0. The molecule has 1 radical (unpaired) electrons. The summed E-state index contributed by atoms with van der Waals surface area (Å²) in [5.41, 5.74) is 4.32. The fraction of sp³-hybridized carbons (Fsp3) is 0.294. The molecule has 3 nitrogen and oxygen atoms in total. The predicted molar refractivity (Wildman–Crippen MR) is 80.9 cm³/mol. The topological polar surface area (TPSA) is 21.7 Å². The molecule has 0 saturated heterocycles. The average Bonchev–Trinajstić information content (AvgIpc) is 2.48. The summed E-state index contributed by atoms with van der Waals surface area (Å²) in [4.78, 5) is 2.17. The maximum absolute atomic E-state index is 5.39. The van der Waals surface area contributed by atoms with E-state index in [4.69, 9.17) is 9.47 Å². The Bertz CT molecular complexity index is 546.